The molecule has 0 spiro atoms. The highest BCUT2D eigenvalue weighted by Crippen LogP contribution is 2.72. The van der Waals surface area contributed by atoms with E-state index in [4.69, 9.17) is 25.8 Å². The van der Waals surface area contributed by atoms with E-state index in [0.717, 1.165) is 10.5 Å². The summed E-state index contributed by atoms with van der Waals surface area (Å²) >= 11 is 13.6. The molecule has 0 saturated heterocycles. The average molecular weight is 1200 g/mol. The summed E-state index contributed by atoms with van der Waals surface area (Å²) < 4.78 is 17.0. The molecular weight excluding hydrogens is 1140 g/mol. The van der Waals surface area contributed by atoms with Crippen molar-refractivity contribution in [3.8, 4) is 0 Å². The highest BCUT2D eigenvalue weighted by atomic mass is 79.9. The van der Waals surface area contributed by atoms with Crippen LogP contribution in [0.1, 0.15) is 84.6 Å². The van der Waals surface area contributed by atoms with E-state index < -0.39 is 131 Å². The number of Topliss-reactive ketones (excluding diaryl/α,β-unsaturated/α-hetero) is 1. The summed E-state index contributed by atoms with van der Waals surface area (Å²) in [6.07, 6.45) is 3.25. The number of alkyl halides is 1. The van der Waals surface area contributed by atoms with Crippen molar-refractivity contribution in [2.75, 3.05) is 38.3 Å². The predicted molar refractivity (Wildman–Crippen MR) is 272 cm³/mol. The number of carboxylic acid groups (broad SMARTS) is 1. The number of ketones is 2. The lowest BCUT2D eigenvalue weighted by Crippen LogP contribution is -2.69. The van der Waals surface area contributed by atoms with Crippen LogP contribution >= 0.6 is 43.5 Å². The van der Waals surface area contributed by atoms with Crippen LogP contribution < -0.4 is 26.6 Å². The highest BCUT2D eigenvalue weighted by molar-refractivity contribution is 9.14. The topological polar surface area (TPSA) is 319 Å². The number of allylic oxidation sites excluding steroid dienone is 4. The number of rotatable bonds is 22. The zero-order chi connectivity index (χ0) is 55.2. The first kappa shape index (κ1) is 58.4. The summed E-state index contributed by atoms with van der Waals surface area (Å²) in [5.74, 6) is -7.79. The fraction of sp³-hybridized carbons (Fsp3) is 0.540. The SMILES string of the molecule is CCC(=O)O[C@]1(C(=O)COCNC(=O)CNC(=O)OCc2ccc(NC(=O)[C@H](CCC(=O)O)NC(=O)CNC(=O)CCN3C(=O)C(Br)=C(Br)C3=O)cc2)[C@@H](C)CC2[C@@H]3CCC4=CC(=O)C=C[C@]4(C)[C@@]3(Cl)[C@@H](O)C[C@@]21C. The van der Waals surface area contributed by atoms with Gasteiger partial charge in [0.1, 0.15) is 41.5 Å². The number of benzene rings is 1. The quantitative estimate of drug-likeness (QED) is 0.0288. The molecule has 0 radical (unpaired) electrons. The number of alkyl carbamates (subject to hydrolysis) is 1. The molecular formula is C50H59Br2ClN6O16. The third-order valence-electron chi connectivity index (χ3n) is 15.1. The van der Waals surface area contributed by atoms with E-state index in [1.54, 1.807) is 19.1 Å². The molecule has 75 heavy (non-hydrogen) atoms. The third kappa shape index (κ3) is 12.1. The maximum Gasteiger partial charge on any atom is 0.407 e. The average Bonchev–Trinajstić information content (AvgIpc) is 3.71. The van der Waals surface area contributed by atoms with Gasteiger partial charge in [-0.2, -0.15) is 0 Å². The van der Waals surface area contributed by atoms with Gasteiger partial charge in [-0.05, 0) is 106 Å². The number of halogens is 3. The molecule has 7 amide bonds. The number of aliphatic hydroxyl groups excluding tert-OH is 1. The molecule has 0 bridgehead atoms. The number of amides is 7. The van der Waals surface area contributed by atoms with Gasteiger partial charge >= 0.3 is 18.0 Å². The molecule has 4 aliphatic carbocycles. The molecule has 9 atom stereocenters. The van der Waals surface area contributed by atoms with Crippen molar-refractivity contribution in [3.05, 3.63) is 62.6 Å². The van der Waals surface area contributed by atoms with E-state index in [2.05, 4.69) is 58.4 Å². The Hall–Kier alpha value is -5.82. The van der Waals surface area contributed by atoms with Crippen molar-refractivity contribution >= 4 is 114 Å². The number of hydrogen-bond donors (Lipinski definition) is 7. The first-order chi connectivity index (χ1) is 35.3. The van der Waals surface area contributed by atoms with Crippen molar-refractivity contribution in [1.29, 1.82) is 0 Å². The molecule has 22 nitrogen and oxygen atoms in total. The Morgan fingerprint density at radius 1 is 0.907 bits per heavy atom. The Kier molecular flexibility index (Phi) is 18.7. The zero-order valence-electron chi connectivity index (χ0n) is 41.5. The number of carbonyl (C=O) groups excluding carboxylic acids is 10. The van der Waals surface area contributed by atoms with E-state index >= 15 is 0 Å². The van der Waals surface area contributed by atoms with Crippen LogP contribution in [-0.2, 0) is 68.8 Å². The first-order valence-electron chi connectivity index (χ1n) is 24.2. The van der Waals surface area contributed by atoms with Gasteiger partial charge in [-0.25, -0.2) is 4.79 Å². The minimum atomic E-state index is -1.70. The predicted octanol–water partition coefficient (Wildman–Crippen LogP) is 3.31. The molecule has 406 valence electrons. The number of hydrogen-bond acceptors (Lipinski definition) is 15. The van der Waals surface area contributed by atoms with E-state index in [9.17, 15) is 63.0 Å². The maximum absolute atomic E-state index is 14.5. The Bertz CT molecular complexity index is 2610. The van der Waals surface area contributed by atoms with Gasteiger partial charge in [-0.15, -0.1) is 11.6 Å². The van der Waals surface area contributed by atoms with Crippen molar-refractivity contribution in [2.45, 2.75) is 108 Å². The standard InChI is InChI=1S/C50H59Br2ClN6O16/c1-5-40(68)75-50(26(2)18-32-31-11-8-28-19-30(60)14-16-47(28,3)49(31,53)34(61)20-48(32,50)4)35(62)24-73-25-56-37(64)21-55-46(72)74-23-27-6-9-29(10-7-27)57-43(69)33(12-13-39(66)67)58-38(65)22-54-36(63)15-17-59-44(70)41(51)42(52)45(59)71/h6-7,9-10,14,16,19,26,31-34,61H,5,8,11-13,15,17-18,20-25H2,1-4H3,(H,54,63)(H,55,72)(H,56,64)(H,57,69)(H,58,65)(H,66,67)/t26-,31-,32?,33-,34-,47-,48-,49-,50-/m0/s1. The molecule has 25 heteroatoms. The number of fused-ring (bicyclic) bond motifs is 5. The van der Waals surface area contributed by atoms with Crippen LogP contribution in [0.5, 0.6) is 0 Å². The molecule has 7 N–H and O–H groups in total. The van der Waals surface area contributed by atoms with E-state index in [1.165, 1.54) is 30.3 Å². The second kappa shape index (κ2) is 24.0. The van der Waals surface area contributed by atoms with Crippen LogP contribution in [-0.4, -0.2) is 136 Å². The molecule has 0 aromatic heterocycles. The molecule has 3 saturated carbocycles. The summed E-state index contributed by atoms with van der Waals surface area (Å²) in [5.41, 5.74) is -2.03. The summed E-state index contributed by atoms with van der Waals surface area (Å²) in [4.78, 5) is 138. The maximum atomic E-state index is 14.5. The van der Waals surface area contributed by atoms with Crippen molar-refractivity contribution in [2.24, 2.45) is 28.6 Å². The van der Waals surface area contributed by atoms with Crippen molar-refractivity contribution in [1.82, 2.24) is 26.2 Å². The molecule has 5 aliphatic rings. The number of anilines is 1. The fourth-order valence-corrected chi connectivity index (χ4v) is 12.6. The summed E-state index contributed by atoms with van der Waals surface area (Å²) in [7, 11) is 0. The van der Waals surface area contributed by atoms with Gasteiger partial charge in [-0.3, -0.25) is 52.8 Å². The number of carbonyl (C=O) groups is 11. The van der Waals surface area contributed by atoms with Gasteiger partial charge in [0, 0.05) is 48.2 Å². The number of aliphatic carboxylic acids is 1. The van der Waals surface area contributed by atoms with Crippen molar-refractivity contribution < 1.29 is 77.2 Å². The zero-order valence-corrected chi connectivity index (χ0v) is 45.4. The fourth-order valence-electron chi connectivity index (χ4n) is 11.3. The summed E-state index contributed by atoms with van der Waals surface area (Å²) in [6.45, 7) is 4.60. The van der Waals surface area contributed by atoms with Gasteiger partial charge in [0.05, 0.1) is 17.5 Å². The Labute approximate surface area is 453 Å². The highest BCUT2D eigenvalue weighted by Gasteiger charge is 2.76. The van der Waals surface area contributed by atoms with Crippen LogP contribution in [0.4, 0.5) is 10.5 Å². The number of carboxylic acids is 1. The van der Waals surface area contributed by atoms with Gasteiger partial charge < -0.3 is 51.0 Å². The Morgan fingerprint density at radius 3 is 2.23 bits per heavy atom. The molecule has 1 aromatic carbocycles. The second-order valence-electron chi connectivity index (χ2n) is 19.6. The van der Waals surface area contributed by atoms with Gasteiger partial charge in [0.2, 0.25) is 29.4 Å². The van der Waals surface area contributed by atoms with Gasteiger partial charge in [0.15, 0.2) is 11.4 Å². The molecule has 3 fully saturated rings. The van der Waals surface area contributed by atoms with Crippen LogP contribution in [0.3, 0.4) is 0 Å². The van der Waals surface area contributed by atoms with Crippen LogP contribution in [0.15, 0.2) is 57.0 Å². The molecule has 1 aromatic rings. The van der Waals surface area contributed by atoms with Gasteiger partial charge in [0.25, 0.3) is 11.8 Å². The summed E-state index contributed by atoms with van der Waals surface area (Å²) in [6, 6.07) is 4.60. The van der Waals surface area contributed by atoms with Crippen LogP contribution in [0.25, 0.3) is 0 Å². The van der Waals surface area contributed by atoms with Crippen LogP contribution in [0.2, 0.25) is 0 Å². The molecule has 1 heterocycles. The molecule has 1 aliphatic heterocycles. The van der Waals surface area contributed by atoms with E-state index in [-0.39, 0.29) is 71.1 Å². The number of nitrogens with zero attached hydrogens (tertiary/aromatic N) is 1. The minimum absolute atomic E-state index is 0.00975. The molecule has 6 rings (SSSR count). The minimum Gasteiger partial charge on any atom is -0.481 e. The van der Waals surface area contributed by atoms with E-state index in [1.807, 2.05) is 20.8 Å². The lowest BCUT2D eigenvalue weighted by molar-refractivity contribution is -0.203. The van der Waals surface area contributed by atoms with Gasteiger partial charge in [-0.1, -0.05) is 51.5 Å². The second-order valence-corrected chi connectivity index (χ2v) is 21.8. The van der Waals surface area contributed by atoms with Crippen molar-refractivity contribution in [3.63, 3.8) is 0 Å². The Balaban J connectivity index is 0.932. The first-order valence-corrected chi connectivity index (χ1v) is 26.2. The number of esters is 1. The lowest BCUT2D eigenvalue weighted by atomic mass is 9.45. The van der Waals surface area contributed by atoms with E-state index in [0.29, 0.717) is 24.8 Å². The molecule has 1 unspecified atom stereocenters. The third-order valence-corrected chi connectivity index (χ3v) is 18.0. The number of imide groups is 1. The number of ether oxygens (including phenoxy) is 3. The normalized spacial score (nSPS) is 28.0. The smallest absolute Gasteiger partial charge is 0.407 e. The largest absolute Gasteiger partial charge is 0.481 e. The lowest BCUT2D eigenvalue weighted by Gasteiger charge is -2.64. The van der Waals surface area contributed by atoms with Crippen LogP contribution in [0, 0.1) is 28.6 Å². The summed E-state index contributed by atoms with van der Waals surface area (Å²) in [5, 5.41) is 33.3. The number of nitrogens with one attached hydrogen (secondary N) is 5. The Morgan fingerprint density at radius 2 is 1.57 bits per heavy atom. The number of aliphatic hydroxyl groups is 1. The monoisotopic (exact) mass is 1190 g/mol.